The maximum atomic E-state index is 15.0. The molecular formula is C43H61N7O11S. The number of hydrogen-bond acceptors (Lipinski definition) is 11. The van der Waals surface area contributed by atoms with E-state index in [1.165, 1.54) is 15.9 Å². The molecule has 1 aromatic rings. The average Bonchev–Trinajstić information content (AvgIpc) is 4.02. The van der Waals surface area contributed by atoms with Crippen LogP contribution < -0.4 is 35.5 Å². The van der Waals surface area contributed by atoms with Crippen molar-refractivity contribution in [1.82, 2.24) is 35.8 Å². The lowest BCUT2D eigenvalue weighted by Crippen LogP contribution is -2.63. The van der Waals surface area contributed by atoms with Crippen LogP contribution in [0.1, 0.15) is 110 Å². The predicted molar refractivity (Wildman–Crippen MR) is 225 cm³/mol. The highest BCUT2D eigenvalue weighted by molar-refractivity contribution is 7.91. The second kappa shape index (κ2) is 16.9. The number of nitrogens with zero attached hydrogens (tertiary/aromatic N) is 2. The van der Waals surface area contributed by atoms with Crippen LogP contribution in [0.25, 0.3) is 0 Å². The van der Waals surface area contributed by atoms with E-state index >= 15 is 0 Å². The molecule has 340 valence electrons. The summed E-state index contributed by atoms with van der Waals surface area (Å²) in [6.07, 6.45) is 4.79. The Kier molecular flexibility index (Phi) is 12.3. The van der Waals surface area contributed by atoms with E-state index in [2.05, 4.69) is 32.6 Å². The van der Waals surface area contributed by atoms with Crippen molar-refractivity contribution < 1.29 is 51.4 Å². The number of urea groups is 1. The molecule has 5 N–H and O–H groups in total. The highest BCUT2D eigenvalue weighted by atomic mass is 32.2. The van der Waals surface area contributed by atoms with E-state index in [0.717, 1.165) is 30.4 Å². The summed E-state index contributed by atoms with van der Waals surface area (Å²) in [5.74, 6) is -2.45. The number of sulfonamides is 1. The number of carbonyl (C=O) groups excluding carboxylic acids is 6. The Morgan fingerprint density at radius 1 is 0.919 bits per heavy atom. The van der Waals surface area contributed by atoms with Crippen molar-refractivity contribution in [3.63, 3.8) is 0 Å². The Labute approximate surface area is 363 Å². The van der Waals surface area contributed by atoms with Crippen molar-refractivity contribution in [3.8, 4) is 11.5 Å². The second-order valence-electron chi connectivity index (χ2n) is 19.8. The Morgan fingerprint density at radius 2 is 1.55 bits per heavy atom. The maximum Gasteiger partial charge on any atom is 0.410 e. The number of hydrogen-bond donors (Lipinski definition) is 5. The highest BCUT2D eigenvalue weighted by Crippen LogP contribution is 2.46. The standard InChI is InChI=1S/C43H61N7O11S/c1-8-27-19-43(27,38(54)48-62(57,58)29-14-15-29)46-35(51)30-18-28(61-40(56)49-20-25-16-31-32(60-23-59-31)17-26(25)21-49)22-50(30)37(53)34(41(2,3)4)45-36(52)33(24-12-10-9-11-13-24)44-39(55)47-42(5,6)7/h8,16-17,24,27-30,33-34H,1,9-15,18-23H2,2-7H3,(H,45,52)(H,46,51)(H,48,54)(H2,44,47,55)/t27-,28+,30-,33-,34+,43-/m0/s1. The van der Waals surface area contributed by atoms with Gasteiger partial charge in [0.1, 0.15) is 29.8 Å². The van der Waals surface area contributed by atoms with Crippen LogP contribution in [0.3, 0.4) is 0 Å². The Hall–Kier alpha value is -5.07. The zero-order valence-electron chi connectivity index (χ0n) is 36.5. The van der Waals surface area contributed by atoms with E-state index < -0.39 is 97.7 Å². The van der Waals surface area contributed by atoms with Gasteiger partial charge in [-0.1, -0.05) is 46.1 Å². The van der Waals surface area contributed by atoms with Gasteiger partial charge < -0.3 is 40.4 Å². The first-order valence-corrected chi connectivity index (χ1v) is 23.2. The third kappa shape index (κ3) is 9.76. The summed E-state index contributed by atoms with van der Waals surface area (Å²) in [6.45, 7) is 14.9. The van der Waals surface area contributed by atoms with Crippen LogP contribution in [0.4, 0.5) is 9.59 Å². The van der Waals surface area contributed by atoms with E-state index in [1.807, 2.05) is 32.9 Å². The molecule has 0 unspecified atom stereocenters. The molecule has 19 heteroatoms. The zero-order valence-corrected chi connectivity index (χ0v) is 37.3. The van der Waals surface area contributed by atoms with Gasteiger partial charge in [0.05, 0.1) is 11.8 Å². The van der Waals surface area contributed by atoms with Crippen molar-refractivity contribution in [3.05, 3.63) is 35.9 Å². The zero-order chi connectivity index (χ0) is 44.9. The van der Waals surface area contributed by atoms with Crippen molar-refractivity contribution in [2.75, 3.05) is 13.3 Å². The number of rotatable bonds is 12. The molecule has 3 aliphatic heterocycles. The third-order valence-corrected chi connectivity index (χ3v) is 14.4. The van der Waals surface area contributed by atoms with E-state index in [0.29, 0.717) is 37.2 Å². The lowest BCUT2D eigenvalue weighted by molar-refractivity contribution is -0.145. The van der Waals surface area contributed by atoms with Gasteiger partial charge in [-0.2, -0.15) is 0 Å². The highest BCUT2D eigenvalue weighted by Gasteiger charge is 2.62. The number of likely N-dealkylation sites (tertiary alicyclic amines) is 1. The summed E-state index contributed by atoms with van der Waals surface area (Å²) in [4.78, 5) is 87.1. The van der Waals surface area contributed by atoms with Gasteiger partial charge in [-0.25, -0.2) is 18.0 Å². The first kappa shape index (κ1) is 45.0. The molecule has 0 radical (unpaired) electrons. The summed E-state index contributed by atoms with van der Waals surface area (Å²) in [6, 6.07) is -0.346. The second-order valence-corrected chi connectivity index (χ2v) is 21.8. The van der Waals surface area contributed by atoms with Crippen LogP contribution in [-0.2, 0) is 47.0 Å². The molecule has 6 aliphatic rings. The number of benzene rings is 1. The number of ether oxygens (including phenoxy) is 3. The third-order valence-electron chi connectivity index (χ3n) is 12.6. The average molecular weight is 884 g/mol. The normalized spacial score (nSPS) is 25.5. The molecule has 0 spiro atoms. The van der Waals surface area contributed by atoms with Crippen LogP contribution in [0.2, 0.25) is 0 Å². The van der Waals surface area contributed by atoms with E-state index in [-0.39, 0.29) is 45.2 Å². The van der Waals surface area contributed by atoms with Crippen molar-refractivity contribution >= 4 is 45.8 Å². The van der Waals surface area contributed by atoms with Crippen molar-refractivity contribution in [2.24, 2.45) is 17.3 Å². The van der Waals surface area contributed by atoms with Gasteiger partial charge in [0, 0.05) is 31.0 Å². The van der Waals surface area contributed by atoms with Gasteiger partial charge in [-0.05, 0) is 87.5 Å². The summed E-state index contributed by atoms with van der Waals surface area (Å²) in [7, 11) is -3.96. The SMILES string of the molecule is C=C[C@H]1C[C@@]1(NC(=O)[C@@H]1C[C@@H](OC(=O)N2Cc3cc4c(cc3C2)OCO4)CN1C(=O)[C@@H](NC(=O)[C@@H](NC(=O)NC(C)(C)C)C1CCCCC1)C(C)(C)C)C(=O)NS(=O)(=O)C1CC1. The minimum Gasteiger partial charge on any atom is -0.454 e. The molecule has 3 heterocycles. The Bertz CT molecular complexity index is 2070. The number of carbonyl (C=O) groups is 6. The summed E-state index contributed by atoms with van der Waals surface area (Å²) >= 11 is 0. The molecule has 0 aromatic heterocycles. The maximum absolute atomic E-state index is 15.0. The minimum absolute atomic E-state index is 0.0847. The fourth-order valence-corrected chi connectivity index (χ4v) is 10.3. The van der Waals surface area contributed by atoms with Gasteiger partial charge in [-0.15, -0.1) is 6.58 Å². The van der Waals surface area contributed by atoms with Crippen LogP contribution in [0, 0.1) is 17.3 Å². The molecule has 7 rings (SSSR count). The molecule has 6 atom stereocenters. The first-order valence-electron chi connectivity index (χ1n) is 21.7. The topological polar surface area (TPSA) is 231 Å². The summed E-state index contributed by atoms with van der Waals surface area (Å²) in [5.41, 5.74) is -1.41. The quantitative estimate of drug-likeness (QED) is 0.192. The molecule has 1 saturated heterocycles. The van der Waals surface area contributed by atoms with Gasteiger partial charge in [0.15, 0.2) is 11.5 Å². The van der Waals surface area contributed by atoms with Crippen LogP contribution in [-0.4, -0.2) is 108 Å². The lowest BCUT2D eigenvalue weighted by Gasteiger charge is -2.38. The fourth-order valence-electron chi connectivity index (χ4n) is 8.96. The van der Waals surface area contributed by atoms with Crippen molar-refractivity contribution in [1.29, 1.82) is 0 Å². The number of fused-ring (bicyclic) bond motifs is 2. The van der Waals surface area contributed by atoms with Gasteiger partial charge in [0.25, 0.3) is 5.91 Å². The molecule has 0 bridgehead atoms. The summed E-state index contributed by atoms with van der Waals surface area (Å²) in [5, 5.41) is 10.7. The monoisotopic (exact) mass is 883 g/mol. The molecule has 3 saturated carbocycles. The van der Waals surface area contributed by atoms with Crippen LogP contribution >= 0.6 is 0 Å². The molecule has 62 heavy (non-hydrogen) atoms. The molecule has 1 aromatic carbocycles. The first-order chi connectivity index (χ1) is 29.1. The van der Waals surface area contributed by atoms with Crippen molar-refractivity contribution in [2.45, 2.75) is 153 Å². The molecular weight excluding hydrogens is 823 g/mol. The predicted octanol–water partition coefficient (Wildman–Crippen LogP) is 3.08. The minimum atomic E-state index is -3.96. The van der Waals surface area contributed by atoms with E-state index in [1.54, 1.807) is 20.8 Å². The molecule has 4 fully saturated rings. The molecule has 18 nitrogen and oxygen atoms in total. The van der Waals surface area contributed by atoms with Gasteiger partial charge in [-0.3, -0.25) is 28.8 Å². The number of nitrogens with one attached hydrogen (secondary N) is 5. The van der Waals surface area contributed by atoms with E-state index in [4.69, 9.17) is 14.2 Å². The largest absolute Gasteiger partial charge is 0.454 e. The number of amides is 7. The Balaban J connectivity index is 1.13. The Morgan fingerprint density at radius 3 is 2.10 bits per heavy atom. The van der Waals surface area contributed by atoms with Crippen LogP contribution in [0.15, 0.2) is 24.8 Å². The summed E-state index contributed by atoms with van der Waals surface area (Å²) < 4.78 is 44.8. The molecule has 3 aliphatic carbocycles. The fraction of sp³-hybridized carbons (Fsp3) is 0.674. The van der Waals surface area contributed by atoms with Crippen LogP contribution in [0.5, 0.6) is 11.5 Å². The lowest BCUT2D eigenvalue weighted by atomic mass is 9.82. The van der Waals surface area contributed by atoms with E-state index in [9.17, 15) is 37.2 Å². The van der Waals surface area contributed by atoms with Gasteiger partial charge in [0.2, 0.25) is 34.5 Å². The van der Waals surface area contributed by atoms with Gasteiger partial charge >= 0.3 is 12.1 Å². The molecule has 7 amide bonds. The smallest absolute Gasteiger partial charge is 0.410 e.